The van der Waals surface area contributed by atoms with Crippen molar-refractivity contribution in [2.24, 2.45) is 5.84 Å². The topological polar surface area (TPSA) is 93.7 Å². The third-order valence-electron chi connectivity index (χ3n) is 3.47. The van der Waals surface area contributed by atoms with E-state index >= 15 is 0 Å². The number of hydrogen-bond donors (Lipinski definition) is 2. The van der Waals surface area contributed by atoms with Crippen LogP contribution in [0.15, 0.2) is 18.2 Å². The van der Waals surface area contributed by atoms with Gasteiger partial charge in [0.05, 0.1) is 11.0 Å². The Labute approximate surface area is 111 Å². The number of nitro benzene ring substituents is 1. The van der Waals surface area contributed by atoms with Gasteiger partial charge in [0.2, 0.25) is 0 Å². The second-order valence-electron chi connectivity index (χ2n) is 4.50. The molecular formula is C12H18N4O3. The molecule has 1 saturated heterocycles. The number of ether oxygens (including phenoxy) is 1. The summed E-state index contributed by atoms with van der Waals surface area (Å²) in [6, 6.07) is 5.12. The number of piperidine rings is 1. The van der Waals surface area contributed by atoms with Gasteiger partial charge in [0.1, 0.15) is 11.4 Å². The number of hydrazine groups is 1. The van der Waals surface area contributed by atoms with Crippen molar-refractivity contribution in [3.63, 3.8) is 0 Å². The second kappa shape index (κ2) is 5.85. The fraction of sp³-hybridized carbons (Fsp3) is 0.500. The lowest BCUT2D eigenvalue weighted by molar-refractivity contribution is -0.383. The average molecular weight is 266 g/mol. The summed E-state index contributed by atoms with van der Waals surface area (Å²) in [7, 11) is 1.70. The second-order valence-corrected chi connectivity index (χ2v) is 4.50. The van der Waals surface area contributed by atoms with E-state index in [4.69, 9.17) is 10.6 Å². The van der Waals surface area contributed by atoms with Gasteiger partial charge in [-0.3, -0.25) is 16.0 Å². The summed E-state index contributed by atoms with van der Waals surface area (Å²) in [5.74, 6) is 5.34. The molecule has 0 amide bonds. The molecular weight excluding hydrogens is 248 g/mol. The van der Waals surface area contributed by atoms with Gasteiger partial charge in [-0.15, -0.1) is 0 Å². The molecule has 1 aliphatic rings. The van der Waals surface area contributed by atoms with Crippen LogP contribution in [0.3, 0.4) is 0 Å². The highest BCUT2D eigenvalue weighted by Crippen LogP contribution is 2.36. The Morgan fingerprint density at radius 2 is 2.16 bits per heavy atom. The molecule has 1 aromatic carbocycles. The van der Waals surface area contributed by atoms with Crippen LogP contribution in [0.1, 0.15) is 12.8 Å². The molecule has 0 radical (unpaired) electrons. The van der Waals surface area contributed by atoms with Crippen molar-refractivity contribution in [3.05, 3.63) is 28.3 Å². The third kappa shape index (κ3) is 2.77. The van der Waals surface area contributed by atoms with E-state index in [2.05, 4.69) is 5.43 Å². The molecule has 0 aromatic heterocycles. The Kier molecular flexibility index (Phi) is 4.18. The van der Waals surface area contributed by atoms with Crippen LogP contribution in [-0.2, 0) is 4.74 Å². The smallest absolute Gasteiger partial charge is 0.316 e. The van der Waals surface area contributed by atoms with E-state index in [-0.39, 0.29) is 11.8 Å². The van der Waals surface area contributed by atoms with Crippen LogP contribution in [0, 0.1) is 10.1 Å². The van der Waals surface area contributed by atoms with Crippen molar-refractivity contribution in [1.29, 1.82) is 0 Å². The number of nitro groups is 1. The van der Waals surface area contributed by atoms with Gasteiger partial charge in [0.25, 0.3) is 0 Å². The van der Waals surface area contributed by atoms with E-state index in [9.17, 15) is 10.1 Å². The van der Waals surface area contributed by atoms with Crippen molar-refractivity contribution in [3.8, 4) is 0 Å². The molecule has 3 N–H and O–H groups in total. The molecule has 0 saturated carbocycles. The number of nitrogens with one attached hydrogen (secondary N) is 1. The normalized spacial score (nSPS) is 16.4. The molecule has 1 aromatic rings. The maximum atomic E-state index is 11.2. The summed E-state index contributed by atoms with van der Waals surface area (Å²) in [5.41, 5.74) is 3.35. The molecule has 0 spiro atoms. The minimum Gasteiger partial charge on any atom is -0.381 e. The number of nitrogen functional groups attached to an aromatic ring is 1. The predicted molar refractivity (Wildman–Crippen MR) is 73.2 cm³/mol. The maximum absolute atomic E-state index is 11.2. The minimum absolute atomic E-state index is 0.0286. The van der Waals surface area contributed by atoms with Crippen molar-refractivity contribution >= 4 is 17.1 Å². The summed E-state index contributed by atoms with van der Waals surface area (Å²) in [6.07, 6.45) is 1.98. The molecule has 0 bridgehead atoms. The number of nitrogens with zero attached hydrogens (tertiary/aromatic N) is 2. The van der Waals surface area contributed by atoms with E-state index in [0.29, 0.717) is 11.4 Å². The van der Waals surface area contributed by atoms with E-state index in [0.717, 1.165) is 25.9 Å². The van der Waals surface area contributed by atoms with E-state index in [1.807, 2.05) is 4.90 Å². The zero-order chi connectivity index (χ0) is 13.8. The highest BCUT2D eigenvalue weighted by Gasteiger charge is 2.26. The van der Waals surface area contributed by atoms with E-state index in [1.54, 1.807) is 25.3 Å². The molecule has 104 valence electrons. The van der Waals surface area contributed by atoms with Gasteiger partial charge >= 0.3 is 5.69 Å². The molecule has 0 aliphatic carbocycles. The number of para-hydroxylation sites is 1. The number of anilines is 2. The molecule has 1 aliphatic heterocycles. The van der Waals surface area contributed by atoms with Gasteiger partial charge in [-0.2, -0.15) is 0 Å². The standard InChI is InChI=1S/C12H18N4O3/c1-19-9-5-7-15(8-6-9)11-4-2-3-10(14-13)12(11)16(17)18/h2-4,9,14H,5-8,13H2,1H3. The molecule has 1 heterocycles. The van der Waals surface area contributed by atoms with Gasteiger partial charge in [0, 0.05) is 20.2 Å². The third-order valence-corrected chi connectivity index (χ3v) is 3.47. The summed E-state index contributed by atoms with van der Waals surface area (Å²) in [4.78, 5) is 12.8. The van der Waals surface area contributed by atoms with Crippen LogP contribution < -0.4 is 16.2 Å². The van der Waals surface area contributed by atoms with E-state index < -0.39 is 4.92 Å². The first-order valence-electron chi connectivity index (χ1n) is 6.19. The van der Waals surface area contributed by atoms with Crippen LogP contribution in [-0.4, -0.2) is 31.2 Å². The molecule has 2 rings (SSSR count). The Morgan fingerprint density at radius 3 is 2.68 bits per heavy atom. The fourth-order valence-corrected chi connectivity index (χ4v) is 2.43. The zero-order valence-electron chi connectivity index (χ0n) is 10.8. The first-order valence-corrected chi connectivity index (χ1v) is 6.19. The number of methoxy groups -OCH3 is 1. The molecule has 7 heteroatoms. The van der Waals surface area contributed by atoms with Crippen molar-refractivity contribution in [1.82, 2.24) is 0 Å². The van der Waals surface area contributed by atoms with Crippen LogP contribution in [0.25, 0.3) is 0 Å². The monoisotopic (exact) mass is 266 g/mol. The first-order chi connectivity index (χ1) is 9.17. The number of benzene rings is 1. The molecule has 7 nitrogen and oxygen atoms in total. The van der Waals surface area contributed by atoms with Gasteiger partial charge in [0.15, 0.2) is 0 Å². The minimum atomic E-state index is -0.396. The zero-order valence-corrected chi connectivity index (χ0v) is 10.8. The molecule has 0 unspecified atom stereocenters. The number of nitrogens with two attached hydrogens (primary N) is 1. The Balaban J connectivity index is 2.27. The lowest BCUT2D eigenvalue weighted by atomic mass is 10.1. The lowest BCUT2D eigenvalue weighted by Gasteiger charge is -2.32. The van der Waals surface area contributed by atoms with Gasteiger partial charge in [-0.1, -0.05) is 6.07 Å². The quantitative estimate of drug-likeness (QED) is 0.487. The Bertz CT molecular complexity index is 458. The molecule has 0 atom stereocenters. The largest absolute Gasteiger partial charge is 0.381 e. The average Bonchev–Trinajstić information content (AvgIpc) is 2.46. The van der Waals surface area contributed by atoms with Crippen LogP contribution >= 0.6 is 0 Å². The van der Waals surface area contributed by atoms with Crippen molar-refractivity contribution < 1.29 is 9.66 Å². The van der Waals surface area contributed by atoms with Gasteiger partial charge < -0.3 is 15.1 Å². The Hall–Kier alpha value is -1.86. The van der Waals surface area contributed by atoms with Crippen molar-refractivity contribution in [2.45, 2.75) is 18.9 Å². The van der Waals surface area contributed by atoms with Crippen LogP contribution in [0.5, 0.6) is 0 Å². The maximum Gasteiger partial charge on any atom is 0.316 e. The lowest BCUT2D eigenvalue weighted by Crippen LogP contribution is -2.37. The number of hydrogen-bond acceptors (Lipinski definition) is 6. The first kappa shape index (κ1) is 13.6. The molecule has 19 heavy (non-hydrogen) atoms. The highest BCUT2D eigenvalue weighted by molar-refractivity contribution is 5.76. The molecule has 1 fully saturated rings. The van der Waals surface area contributed by atoms with Gasteiger partial charge in [-0.25, -0.2) is 0 Å². The summed E-state index contributed by atoms with van der Waals surface area (Å²) < 4.78 is 5.31. The SMILES string of the molecule is COC1CCN(c2cccc(NN)c2[N+](=O)[O-])CC1. The summed E-state index contributed by atoms with van der Waals surface area (Å²) in [5, 5.41) is 11.2. The Morgan fingerprint density at radius 1 is 1.47 bits per heavy atom. The fourth-order valence-electron chi connectivity index (χ4n) is 2.43. The predicted octanol–water partition coefficient (Wildman–Crippen LogP) is 1.50. The van der Waals surface area contributed by atoms with Gasteiger partial charge in [-0.05, 0) is 25.0 Å². The van der Waals surface area contributed by atoms with Crippen LogP contribution in [0.4, 0.5) is 17.1 Å². The highest BCUT2D eigenvalue weighted by atomic mass is 16.6. The van der Waals surface area contributed by atoms with E-state index in [1.165, 1.54) is 0 Å². The van der Waals surface area contributed by atoms with Crippen molar-refractivity contribution in [2.75, 3.05) is 30.5 Å². The summed E-state index contributed by atoms with van der Waals surface area (Å²) >= 11 is 0. The van der Waals surface area contributed by atoms with Crippen LogP contribution in [0.2, 0.25) is 0 Å². The number of rotatable bonds is 4. The summed E-state index contributed by atoms with van der Waals surface area (Å²) in [6.45, 7) is 1.49.